The summed E-state index contributed by atoms with van der Waals surface area (Å²) in [6, 6.07) is 39.8. The minimum Gasteiger partial charge on any atom is -0.445 e. The van der Waals surface area contributed by atoms with Gasteiger partial charge in [0.2, 0.25) is 0 Å². The van der Waals surface area contributed by atoms with E-state index in [-0.39, 0.29) is 24.7 Å². The van der Waals surface area contributed by atoms with Crippen molar-refractivity contribution in [2.75, 3.05) is 6.61 Å². The van der Waals surface area contributed by atoms with E-state index in [0.717, 1.165) is 11.1 Å². The first kappa shape index (κ1) is 33.6. The molecule has 2 N–H and O–H groups in total. The predicted molar refractivity (Wildman–Crippen MR) is 182 cm³/mol. The van der Waals surface area contributed by atoms with Gasteiger partial charge < -0.3 is 29.1 Å². The molecular weight excluding hydrogens is 595 g/mol. The lowest BCUT2D eigenvalue weighted by atomic mass is 9.99. The molecule has 4 aromatic rings. The fraction of sp³-hybridized carbons (Fsp3) is 0.342. The maximum absolute atomic E-state index is 12.6. The van der Waals surface area contributed by atoms with E-state index in [0.29, 0.717) is 0 Å². The molecule has 5 atom stereocenters. The topological polar surface area (TPSA) is 86.3 Å². The zero-order chi connectivity index (χ0) is 32.6. The molecule has 1 fully saturated rings. The molecule has 0 aliphatic carbocycles. The van der Waals surface area contributed by atoms with Gasteiger partial charge in [0.05, 0.1) is 24.9 Å². The van der Waals surface area contributed by atoms with Crippen molar-refractivity contribution in [2.45, 2.75) is 76.4 Å². The molecule has 1 aliphatic heterocycles. The van der Waals surface area contributed by atoms with Crippen LogP contribution in [-0.2, 0) is 25.2 Å². The summed E-state index contributed by atoms with van der Waals surface area (Å²) in [5.41, 5.74) is 1.84. The van der Waals surface area contributed by atoms with Crippen LogP contribution in [0.2, 0.25) is 5.04 Å². The quantitative estimate of drug-likeness (QED) is 0.193. The Balaban J connectivity index is 1.32. The number of benzene rings is 4. The van der Waals surface area contributed by atoms with Crippen LogP contribution in [0.4, 0.5) is 4.79 Å². The number of hydrogen-bond donors (Lipinski definition) is 2. The normalized spacial score (nSPS) is 20.9. The first-order valence-electron chi connectivity index (χ1n) is 15.9. The van der Waals surface area contributed by atoms with Gasteiger partial charge in [-0.05, 0) is 33.5 Å². The largest absolute Gasteiger partial charge is 0.445 e. The van der Waals surface area contributed by atoms with Gasteiger partial charge in [-0.25, -0.2) is 4.79 Å². The monoisotopic (exact) mass is 639 g/mol. The molecule has 8 heteroatoms. The van der Waals surface area contributed by atoms with E-state index in [9.17, 15) is 9.90 Å². The molecule has 0 saturated carbocycles. The lowest BCUT2D eigenvalue weighted by molar-refractivity contribution is -0.242. The Bertz CT molecular complexity index is 1450. The third-order valence-electron chi connectivity index (χ3n) is 8.57. The standard InChI is InChI=1S/C38H45NO6Si/c1-28-36(39-37(41)42-26-29-17-9-5-10-18-29)33(40)25-35(44-28)45-34(30-19-11-6-12-20-30)27-43-46(38(2,3)4,31-21-13-7-14-22-31)32-23-15-8-16-24-32/h5-24,28,33-36,40H,25-27H2,1-4H3,(H,39,41)/t28-,33-,34-,35-,36+/m0/s1. The van der Waals surface area contributed by atoms with Gasteiger partial charge in [-0.3, -0.25) is 0 Å². The number of aliphatic hydroxyl groups excluding tert-OH is 1. The van der Waals surface area contributed by atoms with Gasteiger partial charge in [0.1, 0.15) is 12.7 Å². The lowest BCUT2D eigenvalue weighted by Crippen LogP contribution is -2.67. The second-order valence-corrected chi connectivity index (χ2v) is 17.1. The zero-order valence-electron chi connectivity index (χ0n) is 27.0. The van der Waals surface area contributed by atoms with E-state index in [4.69, 9.17) is 18.6 Å². The Morgan fingerprint density at radius 1 is 0.870 bits per heavy atom. The Morgan fingerprint density at radius 2 is 1.39 bits per heavy atom. The van der Waals surface area contributed by atoms with Crippen molar-refractivity contribution in [3.05, 3.63) is 132 Å². The number of ether oxygens (including phenoxy) is 3. The fourth-order valence-corrected chi connectivity index (χ4v) is 10.8. The summed E-state index contributed by atoms with van der Waals surface area (Å²) < 4.78 is 25.5. The average Bonchev–Trinajstić information content (AvgIpc) is 3.06. The van der Waals surface area contributed by atoms with Gasteiger partial charge in [-0.1, -0.05) is 142 Å². The maximum Gasteiger partial charge on any atom is 0.407 e. The van der Waals surface area contributed by atoms with Gasteiger partial charge in [0.15, 0.2) is 6.29 Å². The van der Waals surface area contributed by atoms with Crippen LogP contribution in [0.5, 0.6) is 0 Å². The van der Waals surface area contributed by atoms with E-state index < -0.39 is 45.1 Å². The smallest absolute Gasteiger partial charge is 0.407 e. The van der Waals surface area contributed by atoms with Crippen molar-refractivity contribution in [1.82, 2.24) is 5.32 Å². The van der Waals surface area contributed by atoms with Gasteiger partial charge in [0.25, 0.3) is 8.32 Å². The van der Waals surface area contributed by atoms with Crippen molar-refractivity contribution < 1.29 is 28.5 Å². The number of amides is 1. The van der Waals surface area contributed by atoms with Crippen LogP contribution >= 0.6 is 0 Å². The zero-order valence-corrected chi connectivity index (χ0v) is 28.0. The molecule has 242 valence electrons. The molecule has 1 saturated heterocycles. The summed E-state index contributed by atoms with van der Waals surface area (Å²) >= 11 is 0. The minimum atomic E-state index is -2.83. The summed E-state index contributed by atoms with van der Waals surface area (Å²) in [4.78, 5) is 12.6. The summed E-state index contributed by atoms with van der Waals surface area (Å²) in [5, 5.41) is 16.1. The third kappa shape index (κ3) is 7.94. The Hall–Kier alpha value is -3.79. The summed E-state index contributed by atoms with van der Waals surface area (Å²) in [6.45, 7) is 8.99. The van der Waals surface area contributed by atoms with Crippen LogP contribution in [0.15, 0.2) is 121 Å². The Labute approximate surface area is 273 Å². The van der Waals surface area contributed by atoms with Crippen LogP contribution in [0.25, 0.3) is 0 Å². The highest BCUT2D eigenvalue weighted by Gasteiger charge is 2.50. The van der Waals surface area contributed by atoms with E-state index >= 15 is 0 Å². The highest BCUT2D eigenvalue weighted by molar-refractivity contribution is 6.99. The van der Waals surface area contributed by atoms with Crippen molar-refractivity contribution >= 4 is 24.8 Å². The second kappa shape index (κ2) is 15.2. The van der Waals surface area contributed by atoms with Gasteiger partial charge in [-0.15, -0.1) is 0 Å². The highest BCUT2D eigenvalue weighted by Crippen LogP contribution is 2.38. The molecule has 5 rings (SSSR count). The summed E-state index contributed by atoms with van der Waals surface area (Å²) in [7, 11) is -2.83. The van der Waals surface area contributed by atoms with Gasteiger partial charge in [0, 0.05) is 6.42 Å². The molecule has 0 aromatic heterocycles. The van der Waals surface area contributed by atoms with Gasteiger partial charge in [-0.2, -0.15) is 0 Å². The number of carbonyl (C=O) groups excluding carboxylic acids is 1. The van der Waals surface area contributed by atoms with Crippen LogP contribution in [0, 0.1) is 0 Å². The Kier molecular flexibility index (Phi) is 11.1. The molecule has 0 spiro atoms. The lowest BCUT2D eigenvalue weighted by Gasteiger charge is -2.44. The molecule has 0 unspecified atom stereocenters. The molecule has 1 amide bonds. The number of aliphatic hydroxyl groups is 1. The average molecular weight is 640 g/mol. The van der Waals surface area contributed by atoms with Crippen LogP contribution in [0.1, 0.15) is 51.3 Å². The van der Waals surface area contributed by atoms with Gasteiger partial charge >= 0.3 is 6.09 Å². The summed E-state index contributed by atoms with van der Waals surface area (Å²) in [6.07, 6.45) is -3.03. The van der Waals surface area contributed by atoms with Crippen LogP contribution in [0.3, 0.4) is 0 Å². The first-order chi connectivity index (χ1) is 22.2. The number of nitrogens with one attached hydrogen (secondary N) is 1. The fourth-order valence-electron chi connectivity index (χ4n) is 6.27. The van der Waals surface area contributed by atoms with E-state index in [1.54, 1.807) is 0 Å². The number of alkyl carbamates (subject to hydrolysis) is 1. The molecule has 0 bridgehead atoms. The van der Waals surface area contributed by atoms with E-state index in [1.807, 2.05) is 79.7 Å². The summed E-state index contributed by atoms with van der Waals surface area (Å²) in [5.74, 6) is 0. The molecule has 4 aromatic carbocycles. The number of hydrogen-bond acceptors (Lipinski definition) is 6. The molecular formula is C38H45NO6Si. The first-order valence-corrected chi connectivity index (χ1v) is 17.8. The SMILES string of the molecule is C[C@@H]1O[C@@H](O[C@@H](CO[Si](c2ccccc2)(c2ccccc2)C(C)(C)C)c2ccccc2)C[C@H](O)[C@@H]1NC(=O)OCc1ccccc1. The molecule has 46 heavy (non-hydrogen) atoms. The van der Waals surface area contributed by atoms with Crippen molar-refractivity contribution in [2.24, 2.45) is 0 Å². The third-order valence-corrected chi connectivity index (χ3v) is 13.6. The molecule has 7 nitrogen and oxygen atoms in total. The molecule has 1 aliphatic rings. The van der Waals surface area contributed by atoms with Crippen LogP contribution in [-0.4, -0.2) is 50.7 Å². The van der Waals surface area contributed by atoms with Crippen LogP contribution < -0.4 is 15.7 Å². The second-order valence-electron chi connectivity index (χ2n) is 12.8. The van der Waals surface area contributed by atoms with Crippen molar-refractivity contribution in [3.63, 3.8) is 0 Å². The highest BCUT2D eigenvalue weighted by atomic mass is 28.4. The van der Waals surface area contributed by atoms with Crippen molar-refractivity contribution in [1.29, 1.82) is 0 Å². The Morgan fingerprint density at radius 3 is 1.91 bits per heavy atom. The number of rotatable bonds is 11. The molecule has 1 heterocycles. The van der Waals surface area contributed by atoms with E-state index in [1.165, 1.54) is 10.4 Å². The minimum absolute atomic E-state index is 0.139. The van der Waals surface area contributed by atoms with Crippen molar-refractivity contribution in [3.8, 4) is 0 Å². The number of carbonyl (C=O) groups is 1. The van der Waals surface area contributed by atoms with E-state index in [2.05, 4.69) is 74.6 Å². The predicted octanol–water partition coefficient (Wildman–Crippen LogP) is 6.11. The maximum atomic E-state index is 12.6. The molecule has 0 radical (unpaired) electrons.